The van der Waals surface area contributed by atoms with Gasteiger partial charge in [-0.15, -0.1) is 0 Å². The van der Waals surface area contributed by atoms with Crippen molar-refractivity contribution in [1.82, 2.24) is 4.90 Å². The van der Waals surface area contributed by atoms with Gasteiger partial charge in [0.1, 0.15) is 0 Å². The van der Waals surface area contributed by atoms with Gasteiger partial charge in [-0.25, -0.2) is 0 Å². The van der Waals surface area contributed by atoms with Crippen molar-refractivity contribution in [3.63, 3.8) is 0 Å². The number of amides is 1. The summed E-state index contributed by atoms with van der Waals surface area (Å²) < 4.78 is 5.60. The highest BCUT2D eigenvalue weighted by Crippen LogP contribution is 2.25. The number of benzene rings is 1. The standard InChI is InChI=1S/C15H18BrNO3/c1-10-5-3-7-12(13(10)16)14(18)17-8-4-6-11(9-17)15(19)20-2/h3,5,7,11H,4,6,8-9H2,1-2H3. The van der Waals surface area contributed by atoms with Crippen LogP contribution in [0.1, 0.15) is 28.8 Å². The van der Waals surface area contributed by atoms with E-state index in [0.29, 0.717) is 18.7 Å². The Hall–Kier alpha value is -1.36. The molecule has 20 heavy (non-hydrogen) atoms. The Morgan fingerprint density at radius 1 is 1.40 bits per heavy atom. The molecule has 0 radical (unpaired) electrons. The number of aryl methyl sites for hydroxylation is 1. The predicted molar refractivity (Wildman–Crippen MR) is 79.5 cm³/mol. The van der Waals surface area contributed by atoms with E-state index in [2.05, 4.69) is 15.9 Å². The smallest absolute Gasteiger partial charge is 0.310 e. The summed E-state index contributed by atoms with van der Waals surface area (Å²) in [5.41, 5.74) is 1.67. The number of carbonyl (C=O) groups excluding carboxylic acids is 2. The van der Waals surface area contributed by atoms with Gasteiger partial charge in [0.15, 0.2) is 0 Å². The number of methoxy groups -OCH3 is 1. The van der Waals surface area contributed by atoms with E-state index in [0.717, 1.165) is 22.9 Å². The van der Waals surface area contributed by atoms with Crippen LogP contribution in [0.3, 0.4) is 0 Å². The fourth-order valence-corrected chi connectivity index (χ4v) is 2.94. The number of carbonyl (C=O) groups is 2. The number of ether oxygens (including phenoxy) is 1. The van der Waals surface area contributed by atoms with Crippen molar-refractivity contribution < 1.29 is 14.3 Å². The van der Waals surface area contributed by atoms with E-state index >= 15 is 0 Å². The Balaban J connectivity index is 2.16. The van der Waals surface area contributed by atoms with E-state index in [1.807, 2.05) is 19.1 Å². The number of esters is 1. The molecule has 1 unspecified atom stereocenters. The van der Waals surface area contributed by atoms with E-state index in [1.54, 1.807) is 11.0 Å². The molecule has 5 heteroatoms. The molecule has 1 amide bonds. The minimum Gasteiger partial charge on any atom is -0.469 e. The average Bonchev–Trinajstić information content (AvgIpc) is 2.48. The van der Waals surface area contributed by atoms with Crippen LogP contribution in [0, 0.1) is 12.8 Å². The lowest BCUT2D eigenvalue weighted by Gasteiger charge is -2.31. The van der Waals surface area contributed by atoms with Gasteiger partial charge in [0, 0.05) is 17.6 Å². The van der Waals surface area contributed by atoms with Crippen LogP contribution >= 0.6 is 15.9 Å². The lowest BCUT2D eigenvalue weighted by molar-refractivity contribution is -0.146. The molecule has 1 atom stereocenters. The molecular weight excluding hydrogens is 322 g/mol. The first-order valence-electron chi connectivity index (χ1n) is 6.66. The van der Waals surface area contributed by atoms with Crippen molar-refractivity contribution in [3.8, 4) is 0 Å². The normalized spacial score (nSPS) is 18.8. The minimum absolute atomic E-state index is 0.0332. The molecule has 1 aliphatic rings. The van der Waals surface area contributed by atoms with Gasteiger partial charge in [-0.2, -0.15) is 0 Å². The quantitative estimate of drug-likeness (QED) is 0.778. The summed E-state index contributed by atoms with van der Waals surface area (Å²) in [5.74, 6) is -0.471. The summed E-state index contributed by atoms with van der Waals surface area (Å²) in [6.45, 7) is 3.08. The Labute approximate surface area is 127 Å². The van der Waals surface area contributed by atoms with Crippen LogP contribution in [-0.4, -0.2) is 37.0 Å². The van der Waals surface area contributed by atoms with E-state index < -0.39 is 0 Å². The topological polar surface area (TPSA) is 46.6 Å². The molecule has 0 N–H and O–H groups in total. The second-order valence-corrected chi connectivity index (χ2v) is 5.84. The van der Waals surface area contributed by atoms with E-state index in [4.69, 9.17) is 4.74 Å². The lowest BCUT2D eigenvalue weighted by Crippen LogP contribution is -2.42. The molecule has 1 aromatic carbocycles. The van der Waals surface area contributed by atoms with E-state index in [9.17, 15) is 9.59 Å². The molecule has 2 rings (SSSR count). The third-order valence-corrected chi connectivity index (χ3v) is 4.72. The van der Waals surface area contributed by atoms with Gasteiger partial charge in [-0.1, -0.05) is 12.1 Å². The van der Waals surface area contributed by atoms with Crippen LogP contribution in [0.4, 0.5) is 0 Å². The molecule has 1 aromatic rings. The number of halogens is 1. The zero-order valence-corrected chi connectivity index (χ0v) is 13.3. The number of nitrogens with zero attached hydrogens (tertiary/aromatic N) is 1. The van der Waals surface area contributed by atoms with Gasteiger partial charge < -0.3 is 9.64 Å². The van der Waals surface area contributed by atoms with E-state index in [-0.39, 0.29) is 17.8 Å². The SMILES string of the molecule is COC(=O)C1CCCN(C(=O)c2cccc(C)c2Br)C1. The van der Waals surface area contributed by atoms with Crippen LogP contribution in [0.5, 0.6) is 0 Å². The fourth-order valence-electron chi connectivity index (χ4n) is 2.50. The minimum atomic E-state index is -0.231. The molecule has 0 aromatic heterocycles. The summed E-state index contributed by atoms with van der Waals surface area (Å²) in [6, 6.07) is 5.63. The molecule has 0 spiro atoms. The fraction of sp³-hybridized carbons (Fsp3) is 0.467. The first-order valence-corrected chi connectivity index (χ1v) is 7.46. The molecule has 0 bridgehead atoms. The van der Waals surface area contributed by atoms with Crippen molar-refractivity contribution >= 4 is 27.8 Å². The van der Waals surface area contributed by atoms with Crippen molar-refractivity contribution in [2.24, 2.45) is 5.92 Å². The van der Waals surface area contributed by atoms with Crippen LogP contribution in [0.2, 0.25) is 0 Å². The summed E-state index contributed by atoms with van der Waals surface area (Å²) in [6.07, 6.45) is 1.61. The highest BCUT2D eigenvalue weighted by molar-refractivity contribution is 9.10. The maximum atomic E-state index is 12.6. The van der Waals surface area contributed by atoms with Gasteiger partial charge in [0.2, 0.25) is 0 Å². The van der Waals surface area contributed by atoms with Gasteiger partial charge in [-0.05, 0) is 47.3 Å². The summed E-state index contributed by atoms with van der Waals surface area (Å²) in [5, 5.41) is 0. The highest BCUT2D eigenvalue weighted by atomic mass is 79.9. The average molecular weight is 340 g/mol. The molecule has 108 valence electrons. The summed E-state index contributed by atoms with van der Waals surface area (Å²) in [4.78, 5) is 25.9. The third kappa shape index (κ3) is 3.03. The molecule has 0 saturated carbocycles. The monoisotopic (exact) mass is 339 g/mol. The second kappa shape index (κ2) is 6.39. The second-order valence-electron chi connectivity index (χ2n) is 5.05. The number of hydrogen-bond acceptors (Lipinski definition) is 3. The van der Waals surface area contributed by atoms with Crippen molar-refractivity contribution in [1.29, 1.82) is 0 Å². The van der Waals surface area contributed by atoms with Crippen LogP contribution < -0.4 is 0 Å². The zero-order valence-electron chi connectivity index (χ0n) is 11.7. The summed E-state index contributed by atoms with van der Waals surface area (Å²) >= 11 is 3.47. The predicted octanol–water partition coefficient (Wildman–Crippen LogP) is 2.78. The van der Waals surface area contributed by atoms with Crippen molar-refractivity contribution in [2.45, 2.75) is 19.8 Å². The van der Waals surface area contributed by atoms with Gasteiger partial charge in [0.25, 0.3) is 5.91 Å². The van der Waals surface area contributed by atoms with Crippen molar-refractivity contribution in [2.75, 3.05) is 20.2 Å². The van der Waals surface area contributed by atoms with Crippen LogP contribution in [0.25, 0.3) is 0 Å². The molecule has 1 fully saturated rings. The lowest BCUT2D eigenvalue weighted by atomic mass is 9.97. The molecule has 0 aliphatic carbocycles. The van der Waals surface area contributed by atoms with Gasteiger partial charge >= 0.3 is 5.97 Å². The Morgan fingerprint density at radius 2 is 2.15 bits per heavy atom. The van der Waals surface area contributed by atoms with E-state index in [1.165, 1.54) is 7.11 Å². The zero-order chi connectivity index (χ0) is 14.7. The molecule has 1 heterocycles. The maximum absolute atomic E-state index is 12.6. The van der Waals surface area contributed by atoms with Crippen LogP contribution in [0.15, 0.2) is 22.7 Å². The van der Waals surface area contributed by atoms with Crippen LogP contribution in [-0.2, 0) is 9.53 Å². The first kappa shape index (κ1) is 15.0. The maximum Gasteiger partial charge on any atom is 0.310 e. The molecular formula is C15H18BrNO3. The largest absolute Gasteiger partial charge is 0.469 e. The highest BCUT2D eigenvalue weighted by Gasteiger charge is 2.30. The number of piperidine rings is 1. The number of likely N-dealkylation sites (tertiary alicyclic amines) is 1. The van der Waals surface area contributed by atoms with Gasteiger partial charge in [0.05, 0.1) is 18.6 Å². The Kier molecular flexibility index (Phi) is 4.81. The van der Waals surface area contributed by atoms with Crippen molar-refractivity contribution in [3.05, 3.63) is 33.8 Å². The third-order valence-electron chi connectivity index (χ3n) is 3.67. The Morgan fingerprint density at radius 3 is 2.85 bits per heavy atom. The van der Waals surface area contributed by atoms with Gasteiger partial charge in [-0.3, -0.25) is 9.59 Å². The Bertz CT molecular complexity index is 530. The summed E-state index contributed by atoms with van der Waals surface area (Å²) in [7, 11) is 1.39. The number of rotatable bonds is 2. The molecule has 4 nitrogen and oxygen atoms in total. The number of hydrogen-bond donors (Lipinski definition) is 0. The molecule has 1 aliphatic heterocycles. The molecule has 1 saturated heterocycles. The first-order chi connectivity index (χ1) is 9.54.